The third-order valence-corrected chi connectivity index (χ3v) is 6.52. The molecular formula is C18H33NO2. The lowest BCUT2D eigenvalue weighted by Crippen LogP contribution is -2.54. The van der Waals surface area contributed by atoms with E-state index < -0.39 is 5.97 Å². The molecule has 1 aliphatic heterocycles. The van der Waals surface area contributed by atoms with Crippen LogP contribution in [-0.4, -0.2) is 34.1 Å². The summed E-state index contributed by atoms with van der Waals surface area (Å²) in [6.07, 6.45) is 6.55. The van der Waals surface area contributed by atoms with E-state index in [1.54, 1.807) is 0 Å². The summed E-state index contributed by atoms with van der Waals surface area (Å²) in [5.41, 5.74) is 0.488. The monoisotopic (exact) mass is 295 g/mol. The van der Waals surface area contributed by atoms with Gasteiger partial charge in [-0.05, 0) is 63.8 Å². The van der Waals surface area contributed by atoms with Crippen LogP contribution in [-0.2, 0) is 4.79 Å². The van der Waals surface area contributed by atoms with E-state index in [4.69, 9.17) is 0 Å². The normalized spacial score (nSPS) is 34.0. The highest BCUT2D eigenvalue weighted by molar-refractivity contribution is 5.71. The Morgan fingerprint density at radius 3 is 2.48 bits per heavy atom. The number of carbonyl (C=O) groups is 1. The minimum atomic E-state index is -0.588. The first-order chi connectivity index (χ1) is 9.69. The molecule has 1 saturated carbocycles. The topological polar surface area (TPSA) is 40.5 Å². The van der Waals surface area contributed by atoms with Gasteiger partial charge in [0, 0.05) is 11.6 Å². The zero-order valence-electron chi connectivity index (χ0n) is 14.5. The highest BCUT2D eigenvalue weighted by atomic mass is 16.4. The maximum Gasteiger partial charge on any atom is 0.308 e. The molecule has 2 fully saturated rings. The number of hydrogen-bond donors (Lipinski definition) is 1. The van der Waals surface area contributed by atoms with Crippen molar-refractivity contribution < 1.29 is 9.90 Å². The maximum absolute atomic E-state index is 11.7. The third kappa shape index (κ3) is 3.28. The van der Waals surface area contributed by atoms with Gasteiger partial charge in [-0.1, -0.05) is 27.2 Å². The van der Waals surface area contributed by atoms with Gasteiger partial charge in [-0.3, -0.25) is 9.69 Å². The summed E-state index contributed by atoms with van der Waals surface area (Å²) in [5, 5.41) is 9.66. The highest BCUT2D eigenvalue weighted by Crippen LogP contribution is 2.46. The summed E-state index contributed by atoms with van der Waals surface area (Å²) in [6.45, 7) is 12.6. The molecule has 1 aliphatic carbocycles. The Kier molecular flexibility index (Phi) is 4.72. The third-order valence-electron chi connectivity index (χ3n) is 6.52. The van der Waals surface area contributed by atoms with E-state index in [2.05, 4.69) is 39.5 Å². The van der Waals surface area contributed by atoms with Crippen molar-refractivity contribution in [1.29, 1.82) is 0 Å². The van der Waals surface area contributed by atoms with E-state index in [1.165, 1.54) is 19.3 Å². The SMILES string of the molecule is CCC(C)(C)C1CCC(C(=O)O)C(N2CCCC2(C)C)C1. The lowest BCUT2D eigenvalue weighted by atomic mass is 9.65. The summed E-state index contributed by atoms with van der Waals surface area (Å²) in [4.78, 5) is 14.2. The second kappa shape index (κ2) is 5.91. The van der Waals surface area contributed by atoms with Gasteiger partial charge in [-0.25, -0.2) is 0 Å². The number of carboxylic acid groups (broad SMARTS) is 1. The van der Waals surface area contributed by atoms with Gasteiger partial charge in [-0.15, -0.1) is 0 Å². The molecule has 3 nitrogen and oxygen atoms in total. The Morgan fingerprint density at radius 2 is 2.00 bits per heavy atom. The largest absolute Gasteiger partial charge is 0.481 e. The van der Waals surface area contributed by atoms with Gasteiger partial charge in [0.2, 0.25) is 0 Å². The van der Waals surface area contributed by atoms with Crippen molar-refractivity contribution in [1.82, 2.24) is 4.90 Å². The number of nitrogens with zero attached hydrogens (tertiary/aromatic N) is 1. The van der Waals surface area contributed by atoms with Gasteiger partial charge in [-0.2, -0.15) is 0 Å². The molecule has 1 N–H and O–H groups in total. The smallest absolute Gasteiger partial charge is 0.308 e. The molecule has 0 aromatic heterocycles. The van der Waals surface area contributed by atoms with Crippen LogP contribution in [0.25, 0.3) is 0 Å². The standard InChI is InChI=1S/C18H33NO2/c1-6-17(2,3)13-8-9-14(16(20)21)15(12-13)19-11-7-10-18(19,4)5/h13-15H,6-12H2,1-5H3,(H,20,21). The summed E-state index contributed by atoms with van der Waals surface area (Å²) in [7, 11) is 0. The lowest BCUT2D eigenvalue weighted by Gasteiger charge is -2.48. The molecule has 0 amide bonds. The molecular weight excluding hydrogens is 262 g/mol. The van der Waals surface area contributed by atoms with Crippen LogP contribution in [0.3, 0.4) is 0 Å². The van der Waals surface area contributed by atoms with Crippen molar-refractivity contribution in [3.8, 4) is 0 Å². The van der Waals surface area contributed by atoms with Crippen LogP contribution >= 0.6 is 0 Å². The van der Waals surface area contributed by atoms with E-state index in [-0.39, 0.29) is 17.5 Å². The fourth-order valence-electron chi connectivity index (χ4n) is 4.52. The molecule has 21 heavy (non-hydrogen) atoms. The van der Waals surface area contributed by atoms with E-state index in [9.17, 15) is 9.90 Å². The number of likely N-dealkylation sites (tertiary alicyclic amines) is 1. The second-order valence-electron chi connectivity index (χ2n) is 8.47. The van der Waals surface area contributed by atoms with Crippen molar-refractivity contribution in [2.24, 2.45) is 17.3 Å². The molecule has 3 unspecified atom stereocenters. The van der Waals surface area contributed by atoms with Gasteiger partial charge < -0.3 is 5.11 Å². The fourth-order valence-corrected chi connectivity index (χ4v) is 4.52. The molecule has 2 aliphatic rings. The van der Waals surface area contributed by atoms with Crippen LogP contribution in [0.15, 0.2) is 0 Å². The van der Waals surface area contributed by atoms with E-state index in [1.807, 2.05) is 0 Å². The molecule has 0 spiro atoms. The average molecular weight is 295 g/mol. The fraction of sp³-hybridized carbons (Fsp3) is 0.944. The molecule has 0 aromatic rings. The Balaban J connectivity index is 2.22. The zero-order valence-corrected chi connectivity index (χ0v) is 14.5. The maximum atomic E-state index is 11.7. The Hall–Kier alpha value is -0.570. The summed E-state index contributed by atoms with van der Waals surface area (Å²) in [6, 6.07) is 0.226. The Bertz CT molecular complexity index is 389. The molecule has 1 heterocycles. The predicted octanol–water partition coefficient (Wildman–Crippen LogP) is 4.17. The molecule has 0 bridgehead atoms. The summed E-state index contributed by atoms with van der Waals surface area (Å²) < 4.78 is 0. The first kappa shape index (κ1) is 16.8. The van der Waals surface area contributed by atoms with Crippen molar-refractivity contribution >= 4 is 5.97 Å². The van der Waals surface area contributed by atoms with E-state index in [0.717, 1.165) is 25.8 Å². The van der Waals surface area contributed by atoms with Crippen molar-refractivity contribution in [3.63, 3.8) is 0 Å². The van der Waals surface area contributed by atoms with Gasteiger partial charge in [0.25, 0.3) is 0 Å². The van der Waals surface area contributed by atoms with Crippen LogP contribution < -0.4 is 0 Å². The van der Waals surface area contributed by atoms with Crippen molar-refractivity contribution in [2.75, 3.05) is 6.54 Å². The van der Waals surface area contributed by atoms with Gasteiger partial charge in [0.1, 0.15) is 0 Å². The van der Waals surface area contributed by atoms with E-state index in [0.29, 0.717) is 11.3 Å². The predicted molar refractivity (Wildman–Crippen MR) is 86.3 cm³/mol. The quantitative estimate of drug-likeness (QED) is 0.846. The molecule has 0 aromatic carbocycles. The summed E-state index contributed by atoms with van der Waals surface area (Å²) >= 11 is 0. The Labute approximate surface area is 130 Å². The van der Waals surface area contributed by atoms with Crippen LogP contribution in [0, 0.1) is 17.3 Å². The van der Waals surface area contributed by atoms with Gasteiger partial charge in [0.15, 0.2) is 0 Å². The first-order valence-electron chi connectivity index (χ1n) is 8.68. The van der Waals surface area contributed by atoms with E-state index >= 15 is 0 Å². The number of hydrogen-bond acceptors (Lipinski definition) is 2. The number of aliphatic carboxylic acids is 1. The first-order valence-corrected chi connectivity index (χ1v) is 8.68. The molecule has 3 atom stereocenters. The van der Waals surface area contributed by atoms with Crippen molar-refractivity contribution in [3.05, 3.63) is 0 Å². The minimum absolute atomic E-state index is 0.163. The van der Waals surface area contributed by atoms with Gasteiger partial charge >= 0.3 is 5.97 Å². The zero-order chi connectivity index (χ0) is 15.8. The van der Waals surface area contributed by atoms with Gasteiger partial charge in [0.05, 0.1) is 5.92 Å². The average Bonchev–Trinajstić information content (AvgIpc) is 2.77. The minimum Gasteiger partial charge on any atom is -0.481 e. The van der Waals surface area contributed by atoms with Crippen molar-refractivity contribution in [2.45, 2.75) is 84.7 Å². The highest BCUT2D eigenvalue weighted by Gasteiger charge is 2.47. The molecule has 1 saturated heterocycles. The molecule has 122 valence electrons. The number of rotatable bonds is 4. The van der Waals surface area contributed by atoms with Crippen LogP contribution in [0.1, 0.15) is 73.1 Å². The second-order valence-corrected chi connectivity index (χ2v) is 8.47. The molecule has 2 rings (SSSR count). The molecule has 0 radical (unpaired) electrons. The van der Waals surface area contributed by atoms with Crippen LogP contribution in [0.5, 0.6) is 0 Å². The number of carboxylic acids is 1. The lowest BCUT2D eigenvalue weighted by molar-refractivity contribution is -0.148. The van der Waals surface area contributed by atoms with Crippen LogP contribution in [0.4, 0.5) is 0 Å². The molecule has 3 heteroatoms. The van der Waals surface area contributed by atoms with Crippen LogP contribution in [0.2, 0.25) is 0 Å². The summed E-state index contributed by atoms with van der Waals surface area (Å²) in [5.74, 6) is -0.110. The Morgan fingerprint density at radius 1 is 1.33 bits per heavy atom.